The number of nitrogens with one attached hydrogen (secondary N) is 1. The third-order valence-corrected chi connectivity index (χ3v) is 3.91. The molecule has 21 heavy (non-hydrogen) atoms. The minimum absolute atomic E-state index is 0.322. The van der Waals surface area contributed by atoms with Gasteiger partial charge in [-0.1, -0.05) is 64.7 Å². The molecule has 120 valence electrons. The van der Waals surface area contributed by atoms with Gasteiger partial charge in [0, 0.05) is 11.8 Å². The number of aromatic carboxylic acids is 1. The lowest BCUT2D eigenvalue weighted by molar-refractivity contribution is 0.0686. The van der Waals surface area contributed by atoms with E-state index in [9.17, 15) is 9.18 Å². The fraction of sp³-hybridized carbons (Fsp3) is 0.706. The predicted octanol–water partition coefficient (Wildman–Crippen LogP) is 5.32. The first-order chi connectivity index (χ1) is 10.2. The molecule has 3 nitrogen and oxygen atoms in total. The number of hydrogen-bond acceptors (Lipinski definition) is 1. The zero-order chi connectivity index (χ0) is 15.5. The maximum absolute atomic E-state index is 13.6. The van der Waals surface area contributed by atoms with Crippen molar-refractivity contribution in [2.24, 2.45) is 0 Å². The molecule has 0 aliphatic rings. The maximum atomic E-state index is 13.6. The molecule has 1 heterocycles. The molecule has 2 N–H and O–H groups in total. The van der Waals surface area contributed by atoms with Gasteiger partial charge in [0.25, 0.3) is 0 Å². The van der Waals surface area contributed by atoms with Gasteiger partial charge in [-0.2, -0.15) is 0 Å². The second-order valence-electron chi connectivity index (χ2n) is 5.74. The molecule has 0 atom stereocenters. The summed E-state index contributed by atoms with van der Waals surface area (Å²) in [4.78, 5) is 13.2. The quantitative estimate of drug-likeness (QED) is 0.513. The molecule has 0 radical (unpaired) electrons. The minimum Gasteiger partial charge on any atom is -0.476 e. The summed E-state index contributed by atoms with van der Waals surface area (Å²) in [6.45, 7) is 2.23. The SMILES string of the molecule is CCCCCCCCCCCCc1c[nH]c(C(=O)O)c1F. The first-order valence-corrected chi connectivity index (χ1v) is 8.25. The molecule has 0 aromatic carbocycles. The Labute approximate surface area is 127 Å². The number of rotatable bonds is 12. The summed E-state index contributed by atoms with van der Waals surface area (Å²) in [6, 6.07) is 0. The van der Waals surface area contributed by atoms with E-state index in [2.05, 4.69) is 11.9 Å². The van der Waals surface area contributed by atoms with E-state index >= 15 is 0 Å². The van der Waals surface area contributed by atoms with Crippen LogP contribution in [0.4, 0.5) is 4.39 Å². The Balaban J connectivity index is 2.03. The highest BCUT2D eigenvalue weighted by Gasteiger charge is 2.15. The summed E-state index contributed by atoms with van der Waals surface area (Å²) in [5, 5.41) is 8.75. The lowest BCUT2D eigenvalue weighted by Crippen LogP contribution is -2.00. The molecule has 0 unspecified atom stereocenters. The van der Waals surface area contributed by atoms with E-state index in [0.717, 1.165) is 12.8 Å². The van der Waals surface area contributed by atoms with Gasteiger partial charge in [-0.15, -0.1) is 0 Å². The molecule has 0 saturated heterocycles. The summed E-state index contributed by atoms with van der Waals surface area (Å²) < 4.78 is 13.6. The Bertz CT molecular complexity index is 415. The van der Waals surface area contributed by atoms with Gasteiger partial charge >= 0.3 is 5.97 Å². The third kappa shape index (κ3) is 6.78. The molecule has 1 aromatic rings. The van der Waals surface area contributed by atoms with E-state index < -0.39 is 11.8 Å². The maximum Gasteiger partial charge on any atom is 0.355 e. The number of aryl methyl sites for hydroxylation is 1. The van der Waals surface area contributed by atoms with Gasteiger partial charge in [-0.05, 0) is 12.8 Å². The zero-order valence-corrected chi connectivity index (χ0v) is 13.1. The van der Waals surface area contributed by atoms with E-state index in [0.29, 0.717) is 12.0 Å². The van der Waals surface area contributed by atoms with E-state index in [-0.39, 0.29) is 5.69 Å². The molecule has 0 saturated carbocycles. The number of aromatic nitrogens is 1. The number of unbranched alkanes of at least 4 members (excludes halogenated alkanes) is 9. The highest BCUT2D eigenvalue weighted by atomic mass is 19.1. The summed E-state index contributed by atoms with van der Waals surface area (Å²) in [7, 11) is 0. The van der Waals surface area contributed by atoms with Gasteiger partial charge in [0.2, 0.25) is 0 Å². The predicted molar refractivity (Wildman–Crippen MR) is 83.3 cm³/mol. The molecule has 4 heteroatoms. The van der Waals surface area contributed by atoms with Crippen LogP contribution in [0.25, 0.3) is 0 Å². The molecule has 1 aromatic heterocycles. The van der Waals surface area contributed by atoms with Crippen LogP contribution in [0.1, 0.15) is 87.2 Å². The average molecular weight is 297 g/mol. The lowest BCUT2D eigenvalue weighted by atomic mass is 10.0. The lowest BCUT2D eigenvalue weighted by Gasteiger charge is -2.02. The van der Waals surface area contributed by atoms with Crippen LogP contribution >= 0.6 is 0 Å². The largest absolute Gasteiger partial charge is 0.476 e. The molecule has 0 aliphatic carbocycles. The number of carboxylic acids is 1. The zero-order valence-electron chi connectivity index (χ0n) is 13.1. The summed E-state index contributed by atoms with van der Waals surface area (Å²) >= 11 is 0. The number of carboxylic acid groups (broad SMARTS) is 1. The first kappa shape index (κ1) is 17.7. The van der Waals surface area contributed by atoms with Crippen molar-refractivity contribution < 1.29 is 14.3 Å². The summed E-state index contributed by atoms with van der Waals surface area (Å²) in [5.74, 6) is -1.83. The van der Waals surface area contributed by atoms with Crippen molar-refractivity contribution in [2.75, 3.05) is 0 Å². The molecule has 0 fully saturated rings. The first-order valence-electron chi connectivity index (χ1n) is 8.25. The second kappa shape index (κ2) is 10.4. The topological polar surface area (TPSA) is 53.1 Å². The molecule has 0 amide bonds. The normalized spacial score (nSPS) is 11.0. The van der Waals surface area contributed by atoms with Crippen molar-refractivity contribution in [3.63, 3.8) is 0 Å². The van der Waals surface area contributed by atoms with Crippen LogP contribution in [-0.2, 0) is 6.42 Å². The van der Waals surface area contributed by atoms with E-state index in [4.69, 9.17) is 5.11 Å². The summed E-state index contributed by atoms with van der Waals surface area (Å²) in [6.07, 6.45) is 14.5. The Hall–Kier alpha value is -1.32. The Morgan fingerprint density at radius 2 is 1.57 bits per heavy atom. The van der Waals surface area contributed by atoms with Gasteiger partial charge in [0.15, 0.2) is 11.5 Å². The number of carbonyl (C=O) groups is 1. The van der Waals surface area contributed by atoms with Gasteiger partial charge in [0.05, 0.1) is 0 Å². The number of hydrogen-bond donors (Lipinski definition) is 2. The van der Waals surface area contributed by atoms with Crippen molar-refractivity contribution in [3.05, 3.63) is 23.3 Å². The van der Waals surface area contributed by atoms with Crippen molar-refractivity contribution >= 4 is 5.97 Å². The Kier molecular flexibility index (Phi) is 8.79. The van der Waals surface area contributed by atoms with Crippen LogP contribution in [-0.4, -0.2) is 16.1 Å². The monoisotopic (exact) mass is 297 g/mol. The smallest absolute Gasteiger partial charge is 0.355 e. The van der Waals surface area contributed by atoms with E-state index in [1.165, 1.54) is 57.6 Å². The highest BCUT2D eigenvalue weighted by molar-refractivity contribution is 5.86. The molecule has 0 bridgehead atoms. The van der Waals surface area contributed by atoms with Crippen molar-refractivity contribution in [2.45, 2.75) is 77.6 Å². The fourth-order valence-electron chi connectivity index (χ4n) is 2.59. The molecule has 1 rings (SSSR count). The molecular weight excluding hydrogens is 269 g/mol. The minimum atomic E-state index is -1.23. The van der Waals surface area contributed by atoms with Crippen molar-refractivity contribution in [1.82, 2.24) is 4.98 Å². The third-order valence-electron chi connectivity index (χ3n) is 3.91. The van der Waals surface area contributed by atoms with Crippen LogP contribution in [0.15, 0.2) is 6.20 Å². The van der Waals surface area contributed by atoms with Gasteiger partial charge < -0.3 is 10.1 Å². The van der Waals surface area contributed by atoms with Crippen LogP contribution < -0.4 is 0 Å². The molecular formula is C17H28FNO2. The standard InChI is InChI=1S/C17H28FNO2/c1-2-3-4-5-6-7-8-9-10-11-12-14-13-19-16(15(14)18)17(20)21/h13,19H,2-12H2,1H3,(H,20,21). The van der Waals surface area contributed by atoms with E-state index in [1.54, 1.807) is 0 Å². The van der Waals surface area contributed by atoms with Crippen LogP contribution in [0.5, 0.6) is 0 Å². The van der Waals surface area contributed by atoms with Crippen molar-refractivity contribution in [3.8, 4) is 0 Å². The van der Waals surface area contributed by atoms with Crippen LogP contribution in [0, 0.1) is 5.82 Å². The number of aromatic amines is 1. The Morgan fingerprint density at radius 1 is 1.05 bits per heavy atom. The highest BCUT2D eigenvalue weighted by Crippen LogP contribution is 2.16. The Morgan fingerprint density at radius 3 is 2.05 bits per heavy atom. The number of halogens is 1. The van der Waals surface area contributed by atoms with E-state index in [1.807, 2.05) is 0 Å². The van der Waals surface area contributed by atoms with Crippen LogP contribution in [0.2, 0.25) is 0 Å². The average Bonchev–Trinajstić information content (AvgIpc) is 2.82. The second-order valence-corrected chi connectivity index (χ2v) is 5.74. The van der Waals surface area contributed by atoms with Gasteiger partial charge in [-0.25, -0.2) is 9.18 Å². The van der Waals surface area contributed by atoms with Gasteiger partial charge in [-0.3, -0.25) is 0 Å². The summed E-state index contributed by atoms with van der Waals surface area (Å²) in [5.41, 5.74) is 0.170. The van der Waals surface area contributed by atoms with Gasteiger partial charge in [0.1, 0.15) is 0 Å². The molecule has 0 spiro atoms. The van der Waals surface area contributed by atoms with Crippen LogP contribution in [0.3, 0.4) is 0 Å². The number of H-pyrrole nitrogens is 1. The fourth-order valence-corrected chi connectivity index (χ4v) is 2.59. The molecule has 0 aliphatic heterocycles. The van der Waals surface area contributed by atoms with Crippen molar-refractivity contribution in [1.29, 1.82) is 0 Å².